The molecule has 1 aromatic carbocycles. The summed E-state index contributed by atoms with van der Waals surface area (Å²) in [5.41, 5.74) is 1.15. The van der Waals surface area contributed by atoms with Crippen LogP contribution in [0.1, 0.15) is 50.6 Å². The maximum absolute atomic E-state index is 13.4. The molecule has 1 aliphatic heterocycles. The molecule has 6 nitrogen and oxygen atoms in total. The number of benzene rings is 1. The van der Waals surface area contributed by atoms with Crippen LogP contribution in [0.2, 0.25) is 0 Å². The lowest BCUT2D eigenvalue weighted by Crippen LogP contribution is -2.53. The number of fused-ring (bicyclic) bond motifs is 1. The molecule has 2 atom stereocenters. The van der Waals surface area contributed by atoms with Gasteiger partial charge in [0.2, 0.25) is 5.91 Å². The number of nitrogens with zero attached hydrogens (tertiary/aromatic N) is 2. The van der Waals surface area contributed by atoms with Gasteiger partial charge in [-0.1, -0.05) is 25.1 Å². The number of amides is 3. The van der Waals surface area contributed by atoms with Gasteiger partial charge in [0, 0.05) is 23.5 Å². The fraction of sp³-hybridized carbons (Fsp3) is 0.500. The first kappa shape index (κ1) is 23.1. The van der Waals surface area contributed by atoms with Crippen molar-refractivity contribution >= 4 is 23.3 Å². The van der Waals surface area contributed by atoms with Crippen LogP contribution in [-0.4, -0.2) is 53.5 Å². The number of nitrogens with one attached hydrogen (secondary N) is 1. The van der Waals surface area contributed by atoms with Crippen LogP contribution < -0.4 is 10.1 Å². The Morgan fingerprint density at radius 2 is 1.97 bits per heavy atom. The number of hydrogen-bond donors (Lipinski definition) is 1. The van der Waals surface area contributed by atoms with Gasteiger partial charge in [-0.05, 0) is 62.8 Å². The molecule has 0 fully saturated rings. The number of hydrogen-bond acceptors (Lipinski definition) is 4. The first-order valence-corrected chi connectivity index (χ1v) is 11.9. The van der Waals surface area contributed by atoms with Crippen LogP contribution in [0.5, 0.6) is 5.75 Å². The van der Waals surface area contributed by atoms with Gasteiger partial charge in [0.05, 0.1) is 6.04 Å². The van der Waals surface area contributed by atoms with E-state index in [1.54, 1.807) is 16.2 Å². The molecule has 0 radical (unpaired) electrons. The summed E-state index contributed by atoms with van der Waals surface area (Å²) >= 11 is 1.73. The predicted molar refractivity (Wildman–Crippen MR) is 125 cm³/mol. The lowest BCUT2D eigenvalue weighted by atomic mass is 10.00. The van der Waals surface area contributed by atoms with Crippen molar-refractivity contribution in [3.8, 4) is 5.75 Å². The minimum absolute atomic E-state index is 0.0181. The van der Waals surface area contributed by atoms with Crippen molar-refractivity contribution in [2.75, 3.05) is 19.7 Å². The van der Waals surface area contributed by atoms with Crippen molar-refractivity contribution in [1.29, 1.82) is 0 Å². The van der Waals surface area contributed by atoms with E-state index in [9.17, 15) is 9.59 Å². The van der Waals surface area contributed by atoms with Gasteiger partial charge in [-0.15, -0.1) is 11.3 Å². The van der Waals surface area contributed by atoms with Crippen LogP contribution in [-0.2, 0) is 11.2 Å². The number of urea groups is 1. The lowest BCUT2D eigenvalue weighted by Gasteiger charge is -2.38. The van der Waals surface area contributed by atoms with Gasteiger partial charge in [0.1, 0.15) is 18.9 Å². The second kappa shape index (κ2) is 10.7. The molecular weight excluding hydrogens is 410 g/mol. The Bertz CT molecular complexity index is 868. The third-order valence-electron chi connectivity index (χ3n) is 5.67. The Morgan fingerprint density at radius 1 is 1.23 bits per heavy atom. The SMILES string of the molecule is CC[C@H](C)N(CC(=O)N1CCc2sccc2[C@@H]1COc1ccccc1)C(=O)NC(C)C. The van der Waals surface area contributed by atoms with Crippen molar-refractivity contribution in [2.45, 2.75) is 58.7 Å². The minimum Gasteiger partial charge on any atom is -0.491 e. The molecule has 31 heavy (non-hydrogen) atoms. The summed E-state index contributed by atoms with van der Waals surface area (Å²) in [5.74, 6) is 0.743. The molecule has 7 heteroatoms. The highest BCUT2D eigenvalue weighted by Crippen LogP contribution is 2.34. The zero-order valence-corrected chi connectivity index (χ0v) is 19.7. The third kappa shape index (κ3) is 5.79. The summed E-state index contributed by atoms with van der Waals surface area (Å²) in [6.45, 7) is 8.95. The van der Waals surface area contributed by atoms with Crippen LogP contribution in [0, 0.1) is 0 Å². The van der Waals surface area contributed by atoms with Gasteiger partial charge >= 0.3 is 6.03 Å². The van der Waals surface area contributed by atoms with Crippen molar-refractivity contribution < 1.29 is 14.3 Å². The number of carbonyl (C=O) groups excluding carboxylic acids is 2. The number of thiophene rings is 1. The number of para-hydroxylation sites is 1. The van der Waals surface area contributed by atoms with Gasteiger partial charge in [-0.2, -0.15) is 0 Å². The summed E-state index contributed by atoms with van der Waals surface area (Å²) in [4.78, 5) is 31.0. The molecule has 0 saturated carbocycles. The highest BCUT2D eigenvalue weighted by Gasteiger charge is 2.34. The minimum atomic E-state index is -0.192. The van der Waals surface area contributed by atoms with E-state index in [1.165, 1.54) is 4.88 Å². The van der Waals surface area contributed by atoms with Crippen LogP contribution in [0.15, 0.2) is 41.8 Å². The van der Waals surface area contributed by atoms with E-state index in [2.05, 4.69) is 16.8 Å². The number of carbonyl (C=O) groups is 2. The van der Waals surface area contributed by atoms with E-state index in [1.807, 2.05) is 62.9 Å². The fourth-order valence-corrected chi connectivity index (χ4v) is 4.71. The van der Waals surface area contributed by atoms with E-state index >= 15 is 0 Å². The molecular formula is C24H33N3O3S. The van der Waals surface area contributed by atoms with Crippen LogP contribution in [0.3, 0.4) is 0 Å². The Hall–Kier alpha value is -2.54. The molecule has 3 rings (SSSR count). The number of ether oxygens (including phenoxy) is 1. The molecule has 1 aliphatic rings. The van der Waals surface area contributed by atoms with E-state index in [0.29, 0.717) is 13.2 Å². The maximum atomic E-state index is 13.4. The molecule has 1 aromatic heterocycles. The summed E-state index contributed by atoms with van der Waals surface area (Å²) in [6, 6.07) is 11.4. The predicted octanol–water partition coefficient (Wildman–Crippen LogP) is 4.47. The Kier molecular flexibility index (Phi) is 7.96. The molecule has 0 aliphatic carbocycles. The Balaban J connectivity index is 1.77. The molecule has 2 aromatic rings. The lowest BCUT2D eigenvalue weighted by molar-refractivity contribution is -0.136. The van der Waals surface area contributed by atoms with Crippen LogP contribution in [0.25, 0.3) is 0 Å². The highest BCUT2D eigenvalue weighted by molar-refractivity contribution is 7.10. The smallest absolute Gasteiger partial charge is 0.318 e. The van der Waals surface area contributed by atoms with Gasteiger partial charge in [0.15, 0.2) is 0 Å². The zero-order valence-electron chi connectivity index (χ0n) is 18.8. The van der Waals surface area contributed by atoms with Gasteiger partial charge in [-0.3, -0.25) is 4.79 Å². The fourth-order valence-electron chi connectivity index (χ4n) is 3.78. The van der Waals surface area contributed by atoms with Crippen molar-refractivity contribution in [3.05, 3.63) is 52.2 Å². The van der Waals surface area contributed by atoms with Gasteiger partial charge < -0.3 is 19.9 Å². The van der Waals surface area contributed by atoms with Crippen molar-refractivity contribution in [1.82, 2.24) is 15.1 Å². The zero-order chi connectivity index (χ0) is 22.4. The molecule has 1 N–H and O–H groups in total. The average Bonchev–Trinajstić information content (AvgIpc) is 3.24. The molecule has 3 amide bonds. The summed E-state index contributed by atoms with van der Waals surface area (Å²) < 4.78 is 6.04. The van der Waals surface area contributed by atoms with Gasteiger partial charge in [-0.25, -0.2) is 4.79 Å². The first-order valence-electron chi connectivity index (χ1n) is 11.0. The second-order valence-corrected chi connectivity index (χ2v) is 9.27. The second-order valence-electron chi connectivity index (χ2n) is 8.27. The maximum Gasteiger partial charge on any atom is 0.318 e. The molecule has 2 heterocycles. The first-order chi connectivity index (χ1) is 14.9. The quantitative estimate of drug-likeness (QED) is 0.655. The highest BCUT2D eigenvalue weighted by atomic mass is 32.1. The Labute approximate surface area is 189 Å². The largest absolute Gasteiger partial charge is 0.491 e. The number of rotatable bonds is 8. The molecule has 0 unspecified atom stereocenters. The van der Waals surface area contributed by atoms with Crippen LogP contribution in [0.4, 0.5) is 4.79 Å². The summed E-state index contributed by atoms with van der Waals surface area (Å²) in [7, 11) is 0. The molecule has 0 spiro atoms. The molecule has 0 saturated heterocycles. The van der Waals surface area contributed by atoms with Crippen molar-refractivity contribution in [2.24, 2.45) is 0 Å². The van der Waals surface area contributed by atoms with Crippen LogP contribution >= 0.6 is 11.3 Å². The van der Waals surface area contributed by atoms with E-state index in [4.69, 9.17) is 4.74 Å². The standard InChI is InChI=1S/C24H33N3O3S/c1-5-18(4)27(24(29)25-17(2)3)15-23(28)26-13-11-22-20(12-14-31-22)21(26)16-30-19-9-7-6-8-10-19/h6-10,12,14,17-18,21H,5,11,13,15-16H2,1-4H3,(H,25,29)/t18-,21-/m0/s1. The van der Waals surface area contributed by atoms with Crippen molar-refractivity contribution in [3.63, 3.8) is 0 Å². The van der Waals surface area contributed by atoms with Gasteiger partial charge in [0.25, 0.3) is 0 Å². The topological polar surface area (TPSA) is 61.9 Å². The summed E-state index contributed by atoms with van der Waals surface area (Å²) in [5, 5.41) is 5.01. The Morgan fingerprint density at radius 3 is 2.65 bits per heavy atom. The summed E-state index contributed by atoms with van der Waals surface area (Å²) in [6.07, 6.45) is 1.62. The van der Waals surface area contributed by atoms with E-state index < -0.39 is 0 Å². The van der Waals surface area contributed by atoms with E-state index in [0.717, 1.165) is 24.2 Å². The molecule has 168 valence electrons. The monoisotopic (exact) mass is 443 g/mol. The normalized spacial score (nSPS) is 16.5. The third-order valence-corrected chi connectivity index (χ3v) is 6.66. The molecule has 0 bridgehead atoms. The van der Waals surface area contributed by atoms with E-state index in [-0.39, 0.29) is 36.6 Å². The average molecular weight is 444 g/mol.